The van der Waals surface area contributed by atoms with Crippen molar-refractivity contribution in [1.29, 1.82) is 0 Å². The highest BCUT2D eigenvalue weighted by atomic mass is 35.5. The maximum Gasteiger partial charge on any atom is 0.226 e. The van der Waals surface area contributed by atoms with Crippen LogP contribution in [-0.4, -0.2) is 34.7 Å². The van der Waals surface area contributed by atoms with Crippen LogP contribution < -0.4 is 5.32 Å². The van der Waals surface area contributed by atoms with Gasteiger partial charge in [0.2, 0.25) is 5.89 Å². The Hall–Kier alpha value is -1.43. The predicted molar refractivity (Wildman–Crippen MR) is 81.1 cm³/mol. The summed E-state index contributed by atoms with van der Waals surface area (Å²) in [5.74, 6) is 1.43. The molecular formula is C15H19ClN4O. The monoisotopic (exact) mass is 306 g/mol. The molecule has 0 aliphatic carbocycles. The highest BCUT2D eigenvalue weighted by molar-refractivity contribution is 6.31. The molecule has 0 amide bonds. The molecule has 1 aromatic heterocycles. The lowest BCUT2D eigenvalue weighted by molar-refractivity contribution is 0.148. The summed E-state index contributed by atoms with van der Waals surface area (Å²) in [6.45, 7) is 5.46. The average Bonchev–Trinajstić information content (AvgIpc) is 2.96. The molecule has 1 aliphatic rings. The average molecular weight is 307 g/mol. The minimum atomic E-state index is 0.232. The summed E-state index contributed by atoms with van der Waals surface area (Å²) in [6, 6.07) is 8.24. The summed E-state index contributed by atoms with van der Waals surface area (Å²) >= 11 is 6.35. The molecule has 2 aromatic rings. The molecule has 3 rings (SSSR count). The van der Waals surface area contributed by atoms with Gasteiger partial charge in [-0.1, -0.05) is 41.9 Å². The number of benzene rings is 1. The van der Waals surface area contributed by atoms with Gasteiger partial charge in [-0.05, 0) is 11.6 Å². The van der Waals surface area contributed by atoms with E-state index in [9.17, 15) is 0 Å². The van der Waals surface area contributed by atoms with Crippen LogP contribution in [0.2, 0.25) is 5.02 Å². The molecule has 1 atom stereocenters. The van der Waals surface area contributed by atoms with Crippen molar-refractivity contribution in [2.75, 3.05) is 19.6 Å². The largest absolute Gasteiger partial charge is 0.339 e. The third-order valence-electron chi connectivity index (χ3n) is 3.78. The molecule has 1 N–H and O–H groups in total. The van der Waals surface area contributed by atoms with Gasteiger partial charge in [0, 0.05) is 37.1 Å². The number of nitrogens with zero attached hydrogens (tertiary/aromatic N) is 3. The molecule has 0 saturated carbocycles. The molecule has 1 aliphatic heterocycles. The Bertz CT molecular complexity index is 601. The maximum absolute atomic E-state index is 6.35. The van der Waals surface area contributed by atoms with Crippen molar-refractivity contribution in [3.8, 4) is 0 Å². The Kier molecular flexibility index (Phi) is 4.53. The molecule has 1 fully saturated rings. The van der Waals surface area contributed by atoms with Crippen LogP contribution in [0, 0.1) is 0 Å². The highest BCUT2D eigenvalue weighted by Crippen LogP contribution is 2.29. The lowest BCUT2D eigenvalue weighted by Gasteiger charge is -2.36. The number of aryl methyl sites for hydroxylation is 1. The van der Waals surface area contributed by atoms with E-state index in [0.29, 0.717) is 12.4 Å². The molecule has 21 heavy (non-hydrogen) atoms. The molecule has 5 nitrogen and oxygen atoms in total. The number of nitrogens with one attached hydrogen (secondary N) is 1. The normalized spacial score (nSPS) is 19.8. The van der Waals surface area contributed by atoms with E-state index in [-0.39, 0.29) is 6.04 Å². The van der Waals surface area contributed by atoms with Crippen molar-refractivity contribution in [1.82, 2.24) is 20.4 Å². The van der Waals surface area contributed by atoms with Crippen LogP contribution in [0.4, 0.5) is 0 Å². The number of rotatable bonds is 4. The quantitative estimate of drug-likeness (QED) is 0.940. The maximum atomic E-state index is 6.35. The fourth-order valence-corrected chi connectivity index (χ4v) is 2.93. The van der Waals surface area contributed by atoms with Crippen molar-refractivity contribution in [2.45, 2.75) is 25.9 Å². The van der Waals surface area contributed by atoms with Gasteiger partial charge in [0.05, 0.1) is 6.54 Å². The van der Waals surface area contributed by atoms with Crippen LogP contribution in [-0.2, 0) is 13.0 Å². The number of hydrogen-bond acceptors (Lipinski definition) is 5. The van der Waals surface area contributed by atoms with E-state index in [1.54, 1.807) is 0 Å². The minimum Gasteiger partial charge on any atom is -0.339 e. The first-order valence-corrected chi connectivity index (χ1v) is 7.66. The van der Waals surface area contributed by atoms with Gasteiger partial charge in [-0.3, -0.25) is 4.90 Å². The van der Waals surface area contributed by atoms with Crippen molar-refractivity contribution in [2.24, 2.45) is 0 Å². The van der Waals surface area contributed by atoms with Crippen molar-refractivity contribution in [3.63, 3.8) is 0 Å². The number of halogens is 1. The van der Waals surface area contributed by atoms with Gasteiger partial charge in [-0.25, -0.2) is 0 Å². The summed E-state index contributed by atoms with van der Waals surface area (Å²) in [7, 11) is 0. The fraction of sp³-hybridized carbons (Fsp3) is 0.467. The fourth-order valence-electron chi connectivity index (χ4n) is 2.67. The second-order valence-corrected chi connectivity index (χ2v) is 5.58. The van der Waals surface area contributed by atoms with Gasteiger partial charge in [-0.15, -0.1) is 0 Å². The van der Waals surface area contributed by atoms with E-state index in [0.717, 1.165) is 42.5 Å². The van der Waals surface area contributed by atoms with Gasteiger partial charge in [0.15, 0.2) is 5.82 Å². The third kappa shape index (κ3) is 3.26. The topological polar surface area (TPSA) is 54.2 Å². The van der Waals surface area contributed by atoms with Gasteiger partial charge in [0.25, 0.3) is 0 Å². The van der Waals surface area contributed by atoms with E-state index >= 15 is 0 Å². The van der Waals surface area contributed by atoms with E-state index < -0.39 is 0 Å². The van der Waals surface area contributed by atoms with E-state index in [1.165, 1.54) is 0 Å². The summed E-state index contributed by atoms with van der Waals surface area (Å²) < 4.78 is 5.19. The number of aromatic nitrogens is 2. The van der Waals surface area contributed by atoms with E-state index in [1.807, 2.05) is 25.1 Å². The number of piperazine rings is 1. The lowest BCUT2D eigenvalue weighted by Crippen LogP contribution is -2.45. The zero-order chi connectivity index (χ0) is 14.7. The molecular weight excluding hydrogens is 288 g/mol. The van der Waals surface area contributed by atoms with Gasteiger partial charge in [-0.2, -0.15) is 4.98 Å². The Labute approximate surface area is 129 Å². The zero-order valence-electron chi connectivity index (χ0n) is 12.1. The number of hydrogen-bond donors (Lipinski definition) is 1. The predicted octanol–water partition coefficient (Wildman–Crippen LogP) is 2.43. The van der Waals surface area contributed by atoms with Crippen LogP contribution in [0.1, 0.15) is 30.2 Å². The Morgan fingerprint density at radius 3 is 3.05 bits per heavy atom. The van der Waals surface area contributed by atoms with Crippen LogP contribution in [0.3, 0.4) is 0 Å². The van der Waals surface area contributed by atoms with Crippen LogP contribution in [0.15, 0.2) is 28.8 Å². The van der Waals surface area contributed by atoms with E-state index in [4.69, 9.17) is 16.1 Å². The summed E-state index contributed by atoms with van der Waals surface area (Å²) in [4.78, 5) is 6.75. The molecule has 6 heteroatoms. The van der Waals surface area contributed by atoms with Crippen LogP contribution in [0.25, 0.3) is 0 Å². The summed E-state index contributed by atoms with van der Waals surface area (Å²) in [5.41, 5.74) is 1.14. The Morgan fingerprint density at radius 2 is 2.29 bits per heavy atom. The minimum absolute atomic E-state index is 0.232. The molecule has 0 radical (unpaired) electrons. The smallest absolute Gasteiger partial charge is 0.226 e. The molecule has 1 unspecified atom stereocenters. The second-order valence-electron chi connectivity index (χ2n) is 5.17. The van der Waals surface area contributed by atoms with Crippen LogP contribution in [0.5, 0.6) is 0 Å². The Morgan fingerprint density at radius 1 is 1.43 bits per heavy atom. The molecule has 2 heterocycles. The van der Waals surface area contributed by atoms with Gasteiger partial charge < -0.3 is 9.84 Å². The first-order valence-electron chi connectivity index (χ1n) is 7.28. The molecule has 112 valence electrons. The Balaban J connectivity index is 1.80. The first kappa shape index (κ1) is 14.5. The summed E-state index contributed by atoms with van der Waals surface area (Å²) in [5, 5.41) is 8.28. The third-order valence-corrected chi connectivity index (χ3v) is 4.12. The van der Waals surface area contributed by atoms with Crippen LogP contribution >= 0.6 is 11.6 Å². The van der Waals surface area contributed by atoms with Crippen molar-refractivity contribution < 1.29 is 4.52 Å². The van der Waals surface area contributed by atoms with Crippen molar-refractivity contribution >= 4 is 11.6 Å². The lowest BCUT2D eigenvalue weighted by atomic mass is 10.0. The second kappa shape index (κ2) is 6.56. The van der Waals surface area contributed by atoms with Gasteiger partial charge >= 0.3 is 0 Å². The molecule has 1 aromatic carbocycles. The molecule has 1 saturated heterocycles. The van der Waals surface area contributed by atoms with Crippen molar-refractivity contribution in [3.05, 3.63) is 46.6 Å². The molecule has 0 bridgehead atoms. The summed E-state index contributed by atoms with van der Waals surface area (Å²) in [6.07, 6.45) is 0.766. The SMILES string of the molecule is CCc1nc(CN2CCNCC2c2ccccc2Cl)no1. The standard InChI is InChI=1S/C15H19ClN4O/c1-2-15-18-14(19-21-15)10-20-8-7-17-9-13(20)11-5-3-4-6-12(11)16/h3-6,13,17H,2,7-10H2,1H3. The molecule has 0 spiro atoms. The highest BCUT2D eigenvalue weighted by Gasteiger charge is 2.26. The zero-order valence-corrected chi connectivity index (χ0v) is 12.8. The van der Waals surface area contributed by atoms with E-state index in [2.05, 4.69) is 26.4 Å². The first-order chi connectivity index (χ1) is 10.3. The van der Waals surface area contributed by atoms with Gasteiger partial charge in [0.1, 0.15) is 0 Å².